The largest absolute Gasteiger partial charge is 0.480 e. The van der Waals surface area contributed by atoms with E-state index in [1.54, 1.807) is 31.3 Å². The quantitative estimate of drug-likeness (QED) is 0.811. The molecule has 1 amide bonds. The predicted octanol–water partition coefficient (Wildman–Crippen LogP) is 3.58. The van der Waals surface area contributed by atoms with Crippen molar-refractivity contribution in [1.29, 1.82) is 0 Å². The lowest BCUT2D eigenvalue weighted by molar-refractivity contribution is -0.122. The highest BCUT2D eigenvalue weighted by atomic mass is 32.2. The Labute approximate surface area is 171 Å². The summed E-state index contributed by atoms with van der Waals surface area (Å²) in [6.07, 6.45) is 5.09. The van der Waals surface area contributed by atoms with Crippen LogP contribution in [0.25, 0.3) is 0 Å². The minimum Gasteiger partial charge on any atom is -0.480 e. The SMILES string of the molecule is CN(C1CCCCC1)S(=O)(=O)c1ccc(NC(=O)[C@H]2Cc3ccccc3O2)cc1. The van der Waals surface area contributed by atoms with Crippen molar-refractivity contribution in [2.75, 3.05) is 12.4 Å². The van der Waals surface area contributed by atoms with Gasteiger partial charge in [0.15, 0.2) is 6.10 Å². The van der Waals surface area contributed by atoms with Gasteiger partial charge in [0.1, 0.15) is 5.75 Å². The molecule has 1 aliphatic carbocycles. The lowest BCUT2D eigenvalue weighted by Gasteiger charge is -2.30. The number of fused-ring (bicyclic) bond motifs is 1. The molecule has 2 aromatic rings. The van der Waals surface area contributed by atoms with E-state index in [1.807, 2.05) is 24.3 Å². The number of hydrogen-bond donors (Lipinski definition) is 1. The fourth-order valence-electron chi connectivity index (χ4n) is 4.07. The Kier molecular flexibility index (Phi) is 5.61. The summed E-state index contributed by atoms with van der Waals surface area (Å²) in [5, 5.41) is 2.82. The summed E-state index contributed by atoms with van der Waals surface area (Å²) in [6.45, 7) is 0. The van der Waals surface area contributed by atoms with Gasteiger partial charge < -0.3 is 10.1 Å². The smallest absolute Gasteiger partial charge is 0.265 e. The van der Waals surface area contributed by atoms with E-state index in [0.29, 0.717) is 12.1 Å². The number of rotatable bonds is 5. The van der Waals surface area contributed by atoms with Gasteiger partial charge in [0.2, 0.25) is 10.0 Å². The van der Waals surface area contributed by atoms with Gasteiger partial charge in [-0.15, -0.1) is 0 Å². The highest BCUT2D eigenvalue weighted by Gasteiger charge is 2.30. The van der Waals surface area contributed by atoms with E-state index >= 15 is 0 Å². The Hall–Kier alpha value is -2.38. The zero-order valence-corrected chi connectivity index (χ0v) is 17.3. The molecular formula is C22H26N2O4S. The topological polar surface area (TPSA) is 75.7 Å². The molecule has 1 aliphatic heterocycles. The molecule has 1 N–H and O–H groups in total. The number of para-hydroxylation sites is 1. The van der Waals surface area contributed by atoms with Gasteiger partial charge in [0.05, 0.1) is 4.90 Å². The Balaban J connectivity index is 1.41. The maximum atomic E-state index is 12.9. The average Bonchev–Trinajstić information content (AvgIpc) is 3.19. The zero-order chi connectivity index (χ0) is 20.4. The van der Waals surface area contributed by atoms with Gasteiger partial charge >= 0.3 is 0 Å². The van der Waals surface area contributed by atoms with Gasteiger partial charge in [-0.3, -0.25) is 4.79 Å². The lowest BCUT2D eigenvalue weighted by atomic mass is 9.96. The number of carbonyl (C=O) groups is 1. The van der Waals surface area contributed by atoms with Gasteiger partial charge in [-0.05, 0) is 48.7 Å². The molecule has 1 fully saturated rings. The Morgan fingerprint density at radius 2 is 1.72 bits per heavy atom. The third-order valence-corrected chi connectivity index (χ3v) is 7.75. The first kappa shape index (κ1) is 19.9. The number of benzene rings is 2. The van der Waals surface area contributed by atoms with Crippen LogP contribution in [-0.4, -0.2) is 37.8 Å². The lowest BCUT2D eigenvalue weighted by Crippen LogP contribution is -2.38. The second-order valence-electron chi connectivity index (χ2n) is 7.75. The second kappa shape index (κ2) is 8.16. The number of anilines is 1. The van der Waals surface area contributed by atoms with Gasteiger partial charge in [-0.1, -0.05) is 37.5 Å². The van der Waals surface area contributed by atoms with Crippen molar-refractivity contribution in [3.8, 4) is 5.75 Å². The molecular weight excluding hydrogens is 388 g/mol. The van der Waals surface area contributed by atoms with Crippen LogP contribution in [0.5, 0.6) is 5.75 Å². The average molecular weight is 415 g/mol. The molecule has 1 saturated carbocycles. The molecule has 4 rings (SSSR count). The van der Waals surface area contributed by atoms with E-state index in [0.717, 1.165) is 37.0 Å². The summed E-state index contributed by atoms with van der Waals surface area (Å²) in [4.78, 5) is 12.8. The van der Waals surface area contributed by atoms with E-state index in [-0.39, 0.29) is 16.8 Å². The van der Waals surface area contributed by atoms with Crippen LogP contribution in [0, 0.1) is 0 Å². The first-order valence-corrected chi connectivity index (χ1v) is 11.5. The van der Waals surface area contributed by atoms with Gasteiger partial charge in [-0.2, -0.15) is 4.31 Å². The summed E-state index contributed by atoms with van der Waals surface area (Å²) >= 11 is 0. The molecule has 0 bridgehead atoms. The number of amides is 1. The van der Waals surface area contributed by atoms with Crippen molar-refractivity contribution in [3.05, 3.63) is 54.1 Å². The maximum absolute atomic E-state index is 12.9. The van der Waals surface area contributed by atoms with Crippen LogP contribution in [0.1, 0.15) is 37.7 Å². The molecule has 154 valence electrons. The predicted molar refractivity (Wildman–Crippen MR) is 111 cm³/mol. The monoisotopic (exact) mass is 414 g/mol. The van der Waals surface area contributed by atoms with Crippen molar-refractivity contribution in [3.63, 3.8) is 0 Å². The minimum absolute atomic E-state index is 0.0641. The summed E-state index contributed by atoms with van der Waals surface area (Å²) < 4.78 is 33.0. The van der Waals surface area contributed by atoms with Crippen molar-refractivity contribution in [2.45, 2.75) is 55.6 Å². The first-order valence-electron chi connectivity index (χ1n) is 10.1. The molecule has 1 atom stereocenters. The molecule has 0 radical (unpaired) electrons. The molecule has 2 aliphatic rings. The molecule has 29 heavy (non-hydrogen) atoms. The van der Waals surface area contributed by atoms with Crippen LogP contribution in [0.15, 0.2) is 53.4 Å². The molecule has 0 unspecified atom stereocenters. The van der Waals surface area contributed by atoms with Gasteiger partial charge in [0.25, 0.3) is 5.91 Å². The molecule has 1 heterocycles. The van der Waals surface area contributed by atoms with Crippen LogP contribution < -0.4 is 10.1 Å². The maximum Gasteiger partial charge on any atom is 0.265 e. The van der Waals surface area contributed by atoms with E-state index < -0.39 is 16.1 Å². The molecule has 7 heteroatoms. The van der Waals surface area contributed by atoms with Crippen LogP contribution >= 0.6 is 0 Å². The number of nitrogens with one attached hydrogen (secondary N) is 1. The fourth-order valence-corrected chi connectivity index (χ4v) is 5.48. The van der Waals surface area contributed by atoms with Crippen LogP contribution in [0.4, 0.5) is 5.69 Å². The third-order valence-electron chi connectivity index (χ3n) is 5.83. The molecule has 6 nitrogen and oxygen atoms in total. The van der Waals surface area contributed by atoms with E-state index in [9.17, 15) is 13.2 Å². The summed E-state index contributed by atoms with van der Waals surface area (Å²) in [5.41, 5.74) is 1.56. The number of nitrogens with zero attached hydrogens (tertiary/aromatic N) is 1. The van der Waals surface area contributed by atoms with Crippen LogP contribution in [0.2, 0.25) is 0 Å². The fraction of sp³-hybridized carbons (Fsp3) is 0.409. The van der Waals surface area contributed by atoms with Gasteiger partial charge in [0, 0.05) is 25.2 Å². The highest BCUT2D eigenvalue weighted by Crippen LogP contribution is 2.29. The summed E-state index contributed by atoms with van der Waals surface area (Å²) in [7, 11) is -1.88. The first-order chi connectivity index (χ1) is 13.9. The van der Waals surface area contributed by atoms with E-state index in [1.165, 1.54) is 10.7 Å². The zero-order valence-electron chi connectivity index (χ0n) is 16.5. The highest BCUT2D eigenvalue weighted by molar-refractivity contribution is 7.89. The summed E-state index contributed by atoms with van der Waals surface area (Å²) in [5.74, 6) is 0.496. The Bertz CT molecular complexity index is 957. The normalized spacial score (nSPS) is 19.6. The van der Waals surface area contributed by atoms with E-state index in [4.69, 9.17) is 4.74 Å². The van der Waals surface area contributed by atoms with Crippen LogP contribution in [-0.2, 0) is 21.2 Å². The van der Waals surface area contributed by atoms with Crippen molar-refractivity contribution < 1.29 is 17.9 Å². The minimum atomic E-state index is -3.54. The molecule has 0 spiro atoms. The van der Waals surface area contributed by atoms with Crippen molar-refractivity contribution in [2.24, 2.45) is 0 Å². The van der Waals surface area contributed by atoms with E-state index in [2.05, 4.69) is 5.32 Å². The van der Waals surface area contributed by atoms with Crippen molar-refractivity contribution in [1.82, 2.24) is 4.31 Å². The third kappa shape index (κ3) is 4.16. The number of sulfonamides is 1. The number of carbonyl (C=O) groups excluding carboxylic acids is 1. The number of hydrogen-bond acceptors (Lipinski definition) is 4. The van der Waals surface area contributed by atoms with Crippen LogP contribution in [0.3, 0.4) is 0 Å². The standard InChI is InChI=1S/C22H26N2O4S/c1-24(18-8-3-2-4-9-18)29(26,27)19-13-11-17(12-14-19)23-22(25)21-15-16-7-5-6-10-20(16)28-21/h5-7,10-14,18,21H,2-4,8-9,15H2,1H3,(H,23,25)/t21-/m1/s1. The van der Waals surface area contributed by atoms with Crippen molar-refractivity contribution >= 4 is 21.6 Å². The Morgan fingerprint density at radius 3 is 2.41 bits per heavy atom. The molecule has 2 aromatic carbocycles. The Morgan fingerprint density at radius 1 is 1.03 bits per heavy atom. The summed E-state index contributed by atoms with van der Waals surface area (Å²) in [6, 6.07) is 14.0. The molecule has 0 saturated heterocycles. The molecule has 0 aromatic heterocycles. The second-order valence-corrected chi connectivity index (χ2v) is 9.74. The van der Waals surface area contributed by atoms with Gasteiger partial charge in [-0.25, -0.2) is 8.42 Å². The number of ether oxygens (including phenoxy) is 1.